The van der Waals surface area contributed by atoms with E-state index in [1.54, 1.807) is 17.4 Å². The van der Waals surface area contributed by atoms with E-state index in [0.717, 1.165) is 5.56 Å². The van der Waals surface area contributed by atoms with Gasteiger partial charge < -0.3 is 10.2 Å². The van der Waals surface area contributed by atoms with Crippen LogP contribution in [-0.4, -0.2) is 36.4 Å². The second-order valence-electron chi connectivity index (χ2n) is 5.05. The maximum atomic E-state index is 12.2. The van der Waals surface area contributed by atoms with Crippen molar-refractivity contribution in [2.24, 2.45) is 0 Å². The summed E-state index contributed by atoms with van der Waals surface area (Å²) in [6.07, 6.45) is 0. The number of thiophene rings is 1. The van der Waals surface area contributed by atoms with Gasteiger partial charge in [0.1, 0.15) is 0 Å². The number of rotatable bonds is 6. The Hall–Kier alpha value is -2.25. The number of hydrogen-bond donors (Lipinski definition) is 1. The monoisotopic (exact) mass is 319 g/mol. The smallest absolute Gasteiger partial charge is 0.270 e. The lowest BCUT2D eigenvalue weighted by atomic mass is 10.1. The van der Waals surface area contributed by atoms with Gasteiger partial charge in [0.15, 0.2) is 0 Å². The van der Waals surface area contributed by atoms with Crippen LogP contribution in [0.3, 0.4) is 0 Å². The maximum Gasteiger partial charge on any atom is 0.270 e. The molecule has 0 unspecified atom stereocenters. The van der Waals surface area contributed by atoms with Crippen molar-refractivity contribution in [2.45, 2.75) is 6.04 Å². The van der Waals surface area contributed by atoms with Crippen LogP contribution in [0.1, 0.15) is 22.0 Å². The van der Waals surface area contributed by atoms with E-state index in [9.17, 15) is 14.9 Å². The highest BCUT2D eigenvalue weighted by atomic mass is 32.1. The van der Waals surface area contributed by atoms with E-state index in [1.165, 1.54) is 18.2 Å². The van der Waals surface area contributed by atoms with Crippen LogP contribution in [0.25, 0.3) is 0 Å². The molecule has 0 spiro atoms. The lowest BCUT2D eigenvalue weighted by molar-refractivity contribution is -0.384. The van der Waals surface area contributed by atoms with Gasteiger partial charge in [-0.2, -0.15) is 11.3 Å². The number of carbonyl (C=O) groups is 1. The molecule has 0 aliphatic rings. The molecule has 1 heterocycles. The lowest BCUT2D eigenvalue weighted by Crippen LogP contribution is -2.34. The highest BCUT2D eigenvalue weighted by Gasteiger charge is 2.17. The van der Waals surface area contributed by atoms with E-state index in [4.69, 9.17) is 0 Å². The van der Waals surface area contributed by atoms with Crippen molar-refractivity contribution < 1.29 is 9.72 Å². The highest BCUT2D eigenvalue weighted by molar-refractivity contribution is 7.07. The van der Waals surface area contributed by atoms with Crippen LogP contribution < -0.4 is 5.32 Å². The lowest BCUT2D eigenvalue weighted by Gasteiger charge is -2.24. The molecule has 22 heavy (non-hydrogen) atoms. The minimum absolute atomic E-state index is 0.0638. The van der Waals surface area contributed by atoms with E-state index in [-0.39, 0.29) is 23.2 Å². The highest BCUT2D eigenvalue weighted by Crippen LogP contribution is 2.20. The standard InChI is InChI=1S/C15H17N3O3S/c1-17(2)14(12-6-7-22-10-12)9-16-15(19)11-4-3-5-13(8-11)18(20)21/h3-8,10,14H,9H2,1-2H3,(H,16,19)/t14-/m0/s1. The summed E-state index contributed by atoms with van der Waals surface area (Å²) in [5, 5.41) is 17.6. The molecule has 2 aromatic rings. The van der Waals surface area contributed by atoms with Crippen LogP contribution in [0.2, 0.25) is 0 Å². The zero-order valence-electron chi connectivity index (χ0n) is 12.4. The average molecular weight is 319 g/mol. The van der Waals surface area contributed by atoms with Gasteiger partial charge in [-0.3, -0.25) is 14.9 Å². The van der Waals surface area contributed by atoms with Gasteiger partial charge >= 0.3 is 0 Å². The van der Waals surface area contributed by atoms with Gasteiger partial charge in [-0.05, 0) is 42.6 Å². The quantitative estimate of drug-likeness (QED) is 0.656. The molecular formula is C15H17N3O3S. The van der Waals surface area contributed by atoms with Crippen molar-refractivity contribution in [3.05, 3.63) is 62.3 Å². The number of carbonyl (C=O) groups excluding carboxylic acids is 1. The third kappa shape index (κ3) is 3.90. The Kier molecular flexibility index (Phi) is 5.24. The Morgan fingerprint density at radius 2 is 2.18 bits per heavy atom. The normalized spacial score (nSPS) is 12.1. The Balaban J connectivity index is 2.05. The van der Waals surface area contributed by atoms with E-state index < -0.39 is 4.92 Å². The molecule has 1 aromatic carbocycles. The molecule has 0 radical (unpaired) electrons. The minimum atomic E-state index is -0.509. The summed E-state index contributed by atoms with van der Waals surface area (Å²) in [6, 6.07) is 7.81. The zero-order valence-corrected chi connectivity index (χ0v) is 13.2. The Morgan fingerprint density at radius 1 is 1.41 bits per heavy atom. The molecule has 0 aliphatic carbocycles. The first-order valence-corrected chi connectivity index (χ1v) is 7.64. The molecule has 6 nitrogen and oxygen atoms in total. The maximum absolute atomic E-state index is 12.2. The third-order valence-electron chi connectivity index (χ3n) is 3.33. The number of nitro groups is 1. The molecule has 1 N–H and O–H groups in total. The number of hydrogen-bond acceptors (Lipinski definition) is 5. The van der Waals surface area contributed by atoms with Crippen LogP contribution in [0.4, 0.5) is 5.69 Å². The first-order chi connectivity index (χ1) is 10.5. The molecule has 0 saturated heterocycles. The van der Waals surface area contributed by atoms with Crippen LogP contribution in [0.5, 0.6) is 0 Å². The Morgan fingerprint density at radius 3 is 2.77 bits per heavy atom. The van der Waals surface area contributed by atoms with Gasteiger partial charge in [0, 0.05) is 24.2 Å². The zero-order chi connectivity index (χ0) is 16.1. The summed E-state index contributed by atoms with van der Waals surface area (Å²) >= 11 is 1.61. The number of nitro benzene ring substituents is 1. The fourth-order valence-electron chi connectivity index (χ4n) is 2.12. The molecule has 1 aromatic heterocycles. The molecule has 116 valence electrons. The Bertz CT molecular complexity index is 656. The van der Waals surface area contributed by atoms with Crippen LogP contribution in [0, 0.1) is 10.1 Å². The number of non-ortho nitro benzene ring substituents is 1. The van der Waals surface area contributed by atoms with Crippen LogP contribution in [-0.2, 0) is 0 Å². The summed E-state index contributed by atoms with van der Waals surface area (Å²) in [5.74, 6) is -0.314. The van der Waals surface area contributed by atoms with E-state index in [2.05, 4.69) is 5.32 Å². The molecule has 0 saturated carbocycles. The number of amides is 1. The summed E-state index contributed by atoms with van der Waals surface area (Å²) < 4.78 is 0. The number of benzene rings is 1. The second-order valence-corrected chi connectivity index (χ2v) is 5.83. The van der Waals surface area contributed by atoms with Crippen molar-refractivity contribution in [1.82, 2.24) is 10.2 Å². The molecule has 1 amide bonds. The molecule has 0 bridgehead atoms. The largest absolute Gasteiger partial charge is 0.350 e. The molecule has 0 aliphatic heterocycles. The van der Waals surface area contributed by atoms with Crippen LogP contribution >= 0.6 is 11.3 Å². The van der Waals surface area contributed by atoms with Gasteiger partial charge in [0.2, 0.25) is 0 Å². The summed E-state index contributed by atoms with van der Waals surface area (Å²) in [5.41, 5.74) is 1.33. The van der Waals surface area contributed by atoms with E-state index >= 15 is 0 Å². The van der Waals surface area contributed by atoms with Crippen molar-refractivity contribution in [3.8, 4) is 0 Å². The van der Waals surface area contributed by atoms with Gasteiger partial charge in [0.05, 0.1) is 11.0 Å². The predicted octanol–water partition coefficient (Wildman–Crippen LogP) is 2.69. The van der Waals surface area contributed by atoms with Gasteiger partial charge in [-0.15, -0.1) is 0 Å². The average Bonchev–Trinajstić information content (AvgIpc) is 3.01. The number of likely N-dealkylation sites (N-methyl/N-ethyl adjacent to an activating group) is 1. The molecule has 1 atom stereocenters. The topological polar surface area (TPSA) is 75.5 Å². The summed E-state index contributed by atoms with van der Waals surface area (Å²) in [4.78, 5) is 24.4. The second kappa shape index (κ2) is 7.15. The third-order valence-corrected chi connectivity index (χ3v) is 4.03. The van der Waals surface area contributed by atoms with Gasteiger partial charge in [-0.25, -0.2) is 0 Å². The van der Waals surface area contributed by atoms with Gasteiger partial charge in [-0.1, -0.05) is 6.07 Å². The molecular weight excluding hydrogens is 302 g/mol. The fraction of sp³-hybridized carbons (Fsp3) is 0.267. The van der Waals surface area contributed by atoms with Crippen molar-refractivity contribution in [2.75, 3.05) is 20.6 Å². The Labute approximate surface area is 132 Å². The fourth-order valence-corrected chi connectivity index (χ4v) is 2.82. The molecule has 0 fully saturated rings. The predicted molar refractivity (Wildman–Crippen MR) is 86.2 cm³/mol. The first-order valence-electron chi connectivity index (χ1n) is 6.70. The van der Waals surface area contributed by atoms with Crippen molar-refractivity contribution >= 4 is 22.9 Å². The summed E-state index contributed by atoms with van der Waals surface area (Å²) in [6.45, 7) is 0.436. The van der Waals surface area contributed by atoms with Crippen LogP contribution in [0.15, 0.2) is 41.1 Å². The number of nitrogens with zero attached hydrogens (tertiary/aromatic N) is 2. The van der Waals surface area contributed by atoms with E-state index in [1.807, 2.05) is 35.8 Å². The molecule has 2 rings (SSSR count). The van der Waals surface area contributed by atoms with Crippen molar-refractivity contribution in [1.29, 1.82) is 0 Å². The summed E-state index contributed by atoms with van der Waals surface area (Å²) in [7, 11) is 3.89. The van der Waals surface area contributed by atoms with E-state index in [0.29, 0.717) is 6.54 Å². The minimum Gasteiger partial charge on any atom is -0.350 e. The molecule has 7 heteroatoms. The van der Waals surface area contributed by atoms with Gasteiger partial charge in [0.25, 0.3) is 11.6 Å². The van der Waals surface area contributed by atoms with Crippen molar-refractivity contribution in [3.63, 3.8) is 0 Å². The number of nitrogens with one attached hydrogen (secondary N) is 1. The first kappa shape index (κ1) is 16.1. The SMILES string of the molecule is CN(C)[C@@H](CNC(=O)c1cccc([N+](=O)[O-])c1)c1ccsc1.